The smallest absolute Gasteiger partial charge is 0.335 e. The molecule has 2 aromatic carbocycles. The number of carbonyl (C=O) groups is 3. The third kappa shape index (κ3) is 10.8. The van der Waals surface area contributed by atoms with E-state index >= 15 is 0 Å². The van der Waals surface area contributed by atoms with Crippen molar-refractivity contribution < 1.29 is 24.2 Å². The molecule has 4 rings (SSSR count). The lowest BCUT2D eigenvalue weighted by atomic mass is 9.91. The zero-order valence-corrected chi connectivity index (χ0v) is 26.8. The van der Waals surface area contributed by atoms with Gasteiger partial charge in [0.1, 0.15) is 11.5 Å². The van der Waals surface area contributed by atoms with E-state index in [1.807, 2.05) is 34.1 Å². The fraction of sp³-hybridized carbons (Fsp3) is 0.541. The van der Waals surface area contributed by atoms with Crippen molar-refractivity contribution >= 4 is 17.8 Å². The Morgan fingerprint density at radius 2 is 1.14 bits per heavy atom. The molecule has 0 spiro atoms. The number of esters is 1. The summed E-state index contributed by atoms with van der Waals surface area (Å²) >= 11 is 0. The van der Waals surface area contributed by atoms with Gasteiger partial charge in [0.05, 0.1) is 11.8 Å². The molecule has 2 saturated heterocycles. The molecule has 1 N–H and O–H groups in total. The SMILES string of the molecule is C=CC(=O)Oc1ccc(C(CCCC)C(=O)N2CCCCC2)cc1.CCCCC(C(=O)N1CCCCC1)c1ccc(O)cc1. The number of amides is 2. The molecule has 2 aromatic rings. The number of likely N-dealkylation sites (tertiary alicyclic amines) is 2. The first-order valence-corrected chi connectivity index (χ1v) is 16.7. The second-order valence-corrected chi connectivity index (χ2v) is 11.9. The van der Waals surface area contributed by atoms with Crippen LogP contribution in [-0.4, -0.2) is 58.9 Å². The molecule has 2 aliphatic heterocycles. The van der Waals surface area contributed by atoms with Gasteiger partial charge in [-0.2, -0.15) is 0 Å². The van der Waals surface area contributed by atoms with E-state index in [0.29, 0.717) is 5.75 Å². The Bertz CT molecular complexity index is 1170. The largest absolute Gasteiger partial charge is 0.508 e. The Hall–Kier alpha value is -3.61. The van der Waals surface area contributed by atoms with Crippen molar-refractivity contribution in [3.05, 3.63) is 72.3 Å². The van der Waals surface area contributed by atoms with E-state index in [2.05, 4.69) is 20.4 Å². The summed E-state index contributed by atoms with van der Waals surface area (Å²) in [7, 11) is 0. The summed E-state index contributed by atoms with van der Waals surface area (Å²) in [4.78, 5) is 41.0. The van der Waals surface area contributed by atoms with E-state index in [1.54, 1.807) is 24.3 Å². The average molecular weight is 605 g/mol. The maximum Gasteiger partial charge on any atom is 0.335 e. The number of piperidine rings is 2. The van der Waals surface area contributed by atoms with Crippen LogP contribution in [0, 0.1) is 0 Å². The maximum atomic E-state index is 12.9. The van der Waals surface area contributed by atoms with Gasteiger partial charge in [-0.1, -0.05) is 70.4 Å². The number of hydrogen-bond acceptors (Lipinski definition) is 5. The van der Waals surface area contributed by atoms with E-state index in [4.69, 9.17) is 4.74 Å². The van der Waals surface area contributed by atoms with Crippen molar-refractivity contribution in [2.75, 3.05) is 26.2 Å². The van der Waals surface area contributed by atoms with Crippen LogP contribution in [-0.2, 0) is 14.4 Å². The number of aromatic hydroxyl groups is 1. The summed E-state index contributed by atoms with van der Waals surface area (Å²) in [6, 6.07) is 14.4. The van der Waals surface area contributed by atoms with Gasteiger partial charge < -0.3 is 19.6 Å². The lowest BCUT2D eigenvalue weighted by Crippen LogP contribution is -2.38. The lowest BCUT2D eigenvalue weighted by Gasteiger charge is -2.30. The molecule has 0 saturated carbocycles. The first kappa shape index (κ1) is 34.9. The third-order valence-electron chi connectivity index (χ3n) is 8.59. The van der Waals surface area contributed by atoms with Crippen molar-refractivity contribution in [2.24, 2.45) is 0 Å². The summed E-state index contributed by atoms with van der Waals surface area (Å²) in [5, 5.41) is 9.41. The van der Waals surface area contributed by atoms with Crippen molar-refractivity contribution in [2.45, 2.75) is 103 Å². The average Bonchev–Trinajstić information content (AvgIpc) is 3.07. The minimum atomic E-state index is -0.477. The quantitative estimate of drug-likeness (QED) is 0.152. The highest BCUT2D eigenvalue weighted by molar-refractivity contribution is 5.85. The van der Waals surface area contributed by atoms with E-state index in [-0.39, 0.29) is 29.4 Å². The summed E-state index contributed by atoms with van der Waals surface area (Å²) in [6.45, 7) is 11.2. The molecular formula is C37H52N2O5. The topological polar surface area (TPSA) is 87.2 Å². The van der Waals surface area contributed by atoms with Gasteiger partial charge in [-0.05, 0) is 86.8 Å². The Morgan fingerprint density at radius 3 is 1.52 bits per heavy atom. The Kier molecular flexibility index (Phi) is 15.0. The number of phenolic OH excluding ortho intramolecular Hbond substituents is 1. The predicted molar refractivity (Wildman–Crippen MR) is 176 cm³/mol. The molecule has 2 amide bonds. The van der Waals surface area contributed by atoms with E-state index in [1.165, 1.54) is 12.8 Å². The van der Waals surface area contributed by atoms with Gasteiger partial charge in [0.2, 0.25) is 11.8 Å². The highest BCUT2D eigenvalue weighted by atomic mass is 16.5. The van der Waals surface area contributed by atoms with Crippen LogP contribution in [0.3, 0.4) is 0 Å². The first-order valence-electron chi connectivity index (χ1n) is 16.7. The lowest BCUT2D eigenvalue weighted by molar-refractivity contribution is -0.134. The number of benzene rings is 2. The molecule has 2 aliphatic rings. The van der Waals surface area contributed by atoms with Crippen LogP contribution >= 0.6 is 0 Å². The van der Waals surface area contributed by atoms with Crippen LogP contribution in [0.1, 0.15) is 114 Å². The van der Waals surface area contributed by atoms with E-state index < -0.39 is 5.97 Å². The van der Waals surface area contributed by atoms with Crippen molar-refractivity contribution in [1.29, 1.82) is 0 Å². The molecule has 7 nitrogen and oxygen atoms in total. The Morgan fingerprint density at radius 1 is 0.727 bits per heavy atom. The number of phenols is 1. The molecule has 0 aromatic heterocycles. The monoisotopic (exact) mass is 604 g/mol. The van der Waals surface area contributed by atoms with Gasteiger partial charge in [-0.15, -0.1) is 0 Å². The fourth-order valence-electron chi connectivity index (χ4n) is 5.98. The summed E-state index contributed by atoms with van der Waals surface area (Å²) in [5.41, 5.74) is 2.03. The molecule has 2 unspecified atom stereocenters. The molecule has 240 valence electrons. The zero-order chi connectivity index (χ0) is 31.7. The number of rotatable bonds is 12. The highest BCUT2D eigenvalue weighted by Crippen LogP contribution is 2.29. The molecule has 0 radical (unpaired) electrons. The van der Waals surface area contributed by atoms with Gasteiger partial charge in [0.25, 0.3) is 0 Å². The normalized spacial score (nSPS) is 16.2. The molecule has 7 heteroatoms. The fourth-order valence-corrected chi connectivity index (χ4v) is 5.98. The van der Waals surface area contributed by atoms with Gasteiger partial charge in [-0.25, -0.2) is 4.79 Å². The van der Waals surface area contributed by atoms with Crippen LogP contribution < -0.4 is 4.74 Å². The number of hydrogen-bond donors (Lipinski definition) is 1. The number of unbranched alkanes of at least 4 members (excludes halogenated alkanes) is 2. The number of nitrogens with zero attached hydrogens (tertiary/aromatic N) is 2. The molecule has 44 heavy (non-hydrogen) atoms. The van der Waals surface area contributed by atoms with Crippen LogP contribution in [0.4, 0.5) is 0 Å². The summed E-state index contributed by atoms with van der Waals surface area (Å²) in [6.07, 6.45) is 14.1. The van der Waals surface area contributed by atoms with Gasteiger partial charge in [0.15, 0.2) is 0 Å². The van der Waals surface area contributed by atoms with Crippen LogP contribution in [0.25, 0.3) is 0 Å². The van der Waals surface area contributed by atoms with E-state index in [9.17, 15) is 19.5 Å². The number of carbonyl (C=O) groups excluding carboxylic acids is 3. The van der Waals surface area contributed by atoms with Crippen LogP contribution in [0.2, 0.25) is 0 Å². The highest BCUT2D eigenvalue weighted by Gasteiger charge is 2.27. The minimum Gasteiger partial charge on any atom is -0.508 e. The van der Waals surface area contributed by atoms with Gasteiger partial charge in [-0.3, -0.25) is 9.59 Å². The molecule has 0 aliphatic carbocycles. The molecule has 0 bridgehead atoms. The maximum absolute atomic E-state index is 12.9. The van der Waals surface area contributed by atoms with Crippen LogP contribution in [0.15, 0.2) is 61.2 Å². The molecule has 2 fully saturated rings. The zero-order valence-electron chi connectivity index (χ0n) is 26.8. The standard InChI is InChI=1S/C20H27NO3.C17H25NO2/c1-3-5-9-18(20(23)21-14-7-6-8-15-21)16-10-12-17(13-11-16)24-19(22)4-2;1-2-3-7-16(14-8-10-15(19)11-9-14)17(20)18-12-5-4-6-13-18/h4,10-13,18H,2-3,5-9,14-15H2,1H3;8-11,16,19H,2-7,12-13H2,1H3. The summed E-state index contributed by atoms with van der Waals surface area (Å²) < 4.78 is 5.10. The predicted octanol–water partition coefficient (Wildman–Crippen LogP) is 7.74. The second-order valence-electron chi connectivity index (χ2n) is 11.9. The molecule has 2 heterocycles. The van der Waals surface area contributed by atoms with E-state index in [0.717, 1.165) is 108 Å². The third-order valence-corrected chi connectivity index (χ3v) is 8.59. The minimum absolute atomic E-state index is 0.0475. The summed E-state index contributed by atoms with van der Waals surface area (Å²) in [5.74, 6) is 0.607. The van der Waals surface area contributed by atoms with Gasteiger partial charge in [0, 0.05) is 32.3 Å². The Balaban J connectivity index is 0.000000244. The second kappa shape index (κ2) is 18.9. The van der Waals surface area contributed by atoms with Crippen molar-refractivity contribution in [3.8, 4) is 11.5 Å². The Labute approximate surface area is 264 Å². The van der Waals surface area contributed by atoms with Crippen molar-refractivity contribution in [1.82, 2.24) is 9.80 Å². The molecule has 2 atom stereocenters. The molecular weight excluding hydrogens is 552 g/mol. The first-order chi connectivity index (χ1) is 21.4. The number of ether oxygens (including phenoxy) is 1. The van der Waals surface area contributed by atoms with Crippen LogP contribution in [0.5, 0.6) is 11.5 Å². The van der Waals surface area contributed by atoms with Crippen molar-refractivity contribution in [3.63, 3.8) is 0 Å². The van der Waals surface area contributed by atoms with Gasteiger partial charge >= 0.3 is 5.97 Å².